The predicted octanol–water partition coefficient (Wildman–Crippen LogP) is 3.15. The van der Waals surface area contributed by atoms with Crippen LogP contribution in [0.4, 0.5) is 0 Å². The van der Waals surface area contributed by atoms with Crippen LogP contribution >= 0.6 is 0 Å². The van der Waals surface area contributed by atoms with E-state index in [1.165, 1.54) is 0 Å². The van der Waals surface area contributed by atoms with E-state index < -0.39 is 0 Å². The summed E-state index contributed by atoms with van der Waals surface area (Å²) in [6.07, 6.45) is 5.59. The maximum absolute atomic E-state index is 4.54. The van der Waals surface area contributed by atoms with Gasteiger partial charge in [0.05, 0.1) is 30.7 Å². The van der Waals surface area contributed by atoms with Crippen LogP contribution in [0, 0.1) is 0 Å². The smallest absolute Gasteiger partial charge is 0.122 e. The van der Waals surface area contributed by atoms with Gasteiger partial charge in [-0.2, -0.15) is 0 Å². The van der Waals surface area contributed by atoms with Gasteiger partial charge < -0.3 is 4.48 Å². The second kappa shape index (κ2) is 9.35. The van der Waals surface area contributed by atoms with Gasteiger partial charge in [0.1, 0.15) is 13.1 Å². The lowest BCUT2D eigenvalue weighted by molar-refractivity contribution is -0.935. The summed E-state index contributed by atoms with van der Waals surface area (Å²) < 4.78 is 0.862. The molecule has 27 heavy (non-hydrogen) atoms. The van der Waals surface area contributed by atoms with Crippen molar-refractivity contribution >= 4 is 0 Å². The number of aromatic nitrogens is 3. The zero-order valence-electron chi connectivity index (χ0n) is 16.2. The molecule has 0 saturated carbocycles. The van der Waals surface area contributed by atoms with Gasteiger partial charge in [0, 0.05) is 31.7 Å². The molecule has 0 atom stereocenters. The van der Waals surface area contributed by atoms with Crippen molar-refractivity contribution in [3.63, 3.8) is 0 Å². The Bertz CT molecular complexity index is 751. The van der Waals surface area contributed by atoms with Crippen molar-refractivity contribution < 1.29 is 4.48 Å². The summed E-state index contributed by atoms with van der Waals surface area (Å²) in [5.74, 6) is 0. The van der Waals surface area contributed by atoms with Gasteiger partial charge in [-0.1, -0.05) is 18.2 Å². The van der Waals surface area contributed by atoms with E-state index in [2.05, 4.69) is 64.3 Å². The normalized spacial score (nSPS) is 11.7. The first-order chi connectivity index (χ1) is 13.1. The van der Waals surface area contributed by atoms with Gasteiger partial charge in [0.15, 0.2) is 0 Å². The number of hydrogen-bond donors (Lipinski definition) is 0. The molecule has 0 saturated heterocycles. The molecule has 5 nitrogen and oxygen atoms in total. The molecule has 0 unspecified atom stereocenters. The number of rotatable bonds is 9. The monoisotopic (exact) mass is 362 g/mol. The lowest BCUT2D eigenvalue weighted by atomic mass is 10.2. The minimum atomic E-state index is 0.855. The average molecular weight is 363 g/mol. The Morgan fingerprint density at radius 3 is 1.67 bits per heavy atom. The van der Waals surface area contributed by atoms with Crippen molar-refractivity contribution in [2.24, 2.45) is 0 Å². The standard InChI is InChI=1S/C22H28N5/c1-26(17-20-9-3-6-12-23-20)15-16-27(2,18-21-10-4-7-13-24-21)19-22-11-5-8-14-25-22/h3-14H,15-19H2,1-2H3/q+1. The van der Waals surface area contributed by atoms with Crippen molar-refractivity contribution in [3.05, 3.63) is 90.3 Å². The fraction of sp³-hybridized carbons (Fsp3) is 0.318. The fourth-order valence-corrected chi connectivity index (χ4v) is 3.24. The van der Waals surface area contributed by atoms with E-state index in [1.54, 1.807) is 0 Å². The number of likely N-dealkylation sites (N-methyl/N-ethyl adjacent to an activating group) is 2. The molecule has 0 amide bonds. The molecule has 0 radical (unpaired) electrons. The lowest BCUT2D eigenvalue weighted by Gasteiger charge is -2.35. The van der Waals surface area contributed by atoms with Crippen LogP contribution in [-0.4, -0.2) is 51.5 Å². The molecule has 3 rings (SSSR count). The molecule has 0 aliphatic heterocycles. The third-order valence-corrected chi connectivity index (χ3v) is 4.72. The highest BCUT2D eigenvalue weighted by Crippen LogP contribution is 2.15. The van der Waals surface area contributed by atoms with Crippen LogP contribution in [0.5, 0.6) is 0 Å². The van der Waals surface area contributed by atoms with Crippen molar-refractivity contribution in [2.45, 2.75) is 19.6 Å². The molecule has 140 valence electrons. The minimum Gasteiger partial charge on any atom is -0.315 e. The topological polar surface area (TPSA) is 41.9 Å². The quantitative estimate of drug-likeness (QED) is 0.549. The first-order valence-electron chi connectivity index (χ1n) is 9.35. The largest absolute Gasteiger partial charge is 0.315 e. The Morgan fingerprint density at radius 2 is 1.22 bits per heavy atom. The molecular weight excluding hydrogens is 334 g/mol. The number of quaternary nitrogens is 1. The van der Waals surface area contributed by atoms with Crippen LogP contribution < -0.4 is 0 Å². The summed E-state index contributed by atoms with van der Waals surface area (Å²) in [6.45, 7) is 4.61. The van der Waals surface area contributed by atoms with Gasteiger partial charge in [-0.25, -0.2) is 0 Å². The van der Waals surface area contributed by atoms with Crippen molar-refractivity contribution in [2.75, 3.05) is 27.2 Å². The highest BCUT2D eigenvalue weighted by molar-refractivity contribution is 5.05. The molecule has 0 aliphatic rings. The zero-order valence-corrected chi connectivity index (χ0v) is 16.2. The number of nitrogens with zero attached hydrogens (tertiary/aromatic N) is 5. The van der Waals surface area contributed by atoms with E-state index in [4.69, 9.17) is 0 Å². The molecule has 5 heteroatoms. The summed E-state index contributed by atoms with van der Waals surface area (Å²) in [6, 6.07) is 18.3. The van der Waals surface area contributed by atoms with Crippen LogP contribution in [-0.2, 0) is 19.6 Å². The van der Waals surface area contributed by atoms with Gasteiger partial charge in [0.2, 0.25) is 0 Å². The van der Waals surface area contributed by atoms with E-state index in [1.807, 2.05) is 42.9 Å². The lowest BCUT2D eigenvalue weighted by Crippen LogP contribution is -2.47. The van der Waals surface area contributed by atoms with Gasteiger partial charge in [-0.15, -0.1) is 0 Å². The van der Waals surface area contributed by atoms with E-state index in [9.17, 15) is 0 Å². The fourth-order valence-electron chi connectivity index (χ4n) is 3.24. The molecular formula is C22H28N5+. The van der Waals surface area contributed by atoms with Crippen LogP contribution in [0.25, 0.3) is 0 Å². The van der Waals surface area contributed by atoms with E-state index in [0.29, 0.717) is 0 Å². The van der Waals surface area contributed by atoms with E-state index in [0.717, 1.165) is 54.3 Å². The molecule has 0 bridgehead atoms. The van der Waals surface area contributed by atoms with Crippen LogP contribution in [0.1, 0.15) is 17.1 Å². The summed E-state index contributed by atoms with van der Waals surface area (Å²) >= 11 is 0. The average Bonchev–Trinajstić information content (AvgIpc) is 2.69. The number of pyridine rings is 3. The van der Waals surface area contributed by atoms with Gasteiger partial charge in [0.25, 0.3) is 0 Å². The Labute approximate surface area is 161 Å². The molecule has 0 fully saturated rings. The molecule has 0 N–H and O–H groups in total. The molecule has 0 aromatic carbocycles. The summed E-state index contributed by atoms with van der Waals surface area (Å²) in [5, 5.41) is 0. The maximum atomic E-state index is 4.54. The highest BCUT2D eigenvalue weighted by Gasteiger charge is 2.24. The first kappa shape index (κ1) is 19.1. The van der Waals surface area contributed by atoms with Gasteiger partial charge >= 0.3 is 0 Å². The van der Waals surface area contributed by atoms with E-state index >= 15 is 0 Å². The molecule has 3 aromatic heterocycles. The second-order valence-electron chi connectivity index (χ2n) is 7.36. The zero-order chi connectivity index (χ0) is 19.0. The van der Waals surface area contributed by atoms with Crippen LogP contribution in [0.3, 0.4) is 0 Å². The van der Waals surface area contributed by atoms with Crippen LogP contribution in [0.15, 0.2) is 73.2 Å². The molecule has 0 spiro atoms. The summed E-state index contributed by atoms with van der Waals surface area (Å²) in [5.41, 5.74) is 3.33. The highest BCUT2D eigenvalue weighted by atomic mass is 15.3. The molecule has 3 aromatic rings. The molecule has 0 aliphatic carbocycles. The Morgan fingerprint density at radius 1 is 0.741 bits per heavy atom. The van der Waals surface area contributed by atoms with Crippen molar-refractivity contribution in [3.8, 4) is 0 Å². The van der Waals surface area contributed by atoms with Crippen molar-refractivity contribution in [1.82, 2.24) is 19.9 Å². The van der Waals surface area contributed by atoms with Gasteiger partial charge in [-0.3, -0.25) is 19.9 Å². The van der Waals surface area contributed by atoms with Crippen LogP contribution in [0.2, 0.25) is 0 Å². The Balaban J connectivity index is 1.67. The first-order valence-corrected chi connectivity index (χ1v) is 9.35. The summed E-state index contributed by atoms with van der Waals surface area (Å²) in [4.78, 5) is 15.8. The minimum absolute atomic E-state index is 0.855. The van der Waals surface area contributed by atoms with Crippen molar-refractivity contribution in [1.29, 1.82) is 0 Å². The second-order valence-corrected chi connectivity index (χ2v) is 7.36. The molecule has 3 heterocycles. The predicted molar refractivity (Wildman–Crippen MR) is 108 cm³/mol. The third kappa shape index (κ3) is 6.24. The maximum Gasteiger partial charge on any atom is 0.122 e. The Kier molecular flexibility index (Phi) is 6.63. The van der Waals surface area contributed by atoms with Gasteiger partial charge in [-0.05, 0) is 43.4 Å². The number of hydrogen-bond acceptors (Lipinski definition) is 4. The van der Waals surface area contributed by atoms with E-state index in [-0.39, 0.29) is 0 Å². The summed E-state index contributed by atoms with van der Waals surface area (Å²) in [7, 11) is 4.44. The Hall–Kier alpha value is -2.63. The SMILES string of the molecule is CN(CC[N+](C)(Cc1ccccn1)Cc1ccccn1)Cc1ccccn1. The third-order valence-electron chi connectivity index (χ3n) is 4.72.